The molecule has 0 bridgehead atoms. The summed E-state index contributed by atoms with van der Waals surface area (Å²) in [7, 11) is 0. The van der Waals surface area contributed by atoms with E-state index >= 15 is 0 Å². The second-order valence-electron chi connectivity index (χ2n) is 7.32. The van der Waals surface area contributed by atoms with E-state index < -0.39 is 5.97 Å². The number of hydrogen-bond acceptors (Lipinski definition) is 5. The Morgan fingerprint density at radius 3 is 1.73 bits per heavy atom. The number of carbonyl (C=O) groups excluding carboxylic acids is 2. The fourth-order valence-electron chi connectivity index (χ4n) is 3.09. The Hall–Kier alpha value is -3.96. The molecule has 0 aliphatic carbocycles. The van der Waals surface area contributed by atoms with Crippen LogP contribution in [0.15, 0.2) is 124 Å². The van der Waals surface area contributed by atoms with E-state index in [1.54, 1.807) is 78.5 Å². The number of hydrogen-bond donors (Lipinski definition) is 0. The predicted molar refractivity (Wildman–Crippen MR) is 131 cm³/mol. The minimum absolute atomic E-state index is 0.0684. The summed E-state index contributed by atoms with van der Waals surface area (Å²) in [6, 6.07) is 33.1. The molecule has 0 radical (unpaired) electrons. The molecule has 0 aromatic heterocycles. The summed E-state index contributed by atoms with van der Waals surface area (Å²) in [5.74, 6) is -0.948. The minimum Gasteiger partial charge on any atom is -0.312 e. The molecule has 0 aliphatic heterocycles. The van der Waals surface area contributed by atoms with Crippen molar-refractivity contribution < 1.29 is 14.4 Å². The molecule has 0 atom stereocenters. The van der Waals surface area contributed by atoms with Gasteiger partial charge in [-0.2, -0.15) is 0 Å². The fraction of sp³-hybridized carbons (Fsp3) is 0.0357. The van der Waals surface area contributed by atoms with E-state index in [1.165, 1.54) is 5.56 Å². The first kappa shape index (κ1) is 22.2. The molecular weight excluding hydrogens is 430 g/mol. The van der Waals surface area contributed by atoms with Crippen LogP contribution in [0, 0.1) is 6.92 Å². The van der Waals surface area contributed by atoms with Gasteiger partial charge in [-0.1, -0.05) is 83.1 Å². The van der Waals surface area contributed by atoms with Gasteiger partial charge in [0.1, 0.15) is 0 Å². The number of nitrogens with zero attached hydrogens (tertiary/aromatic N) is 1. The predicted octanol–water partition coefficient (Wildman–Crippen LogP) is 6.59. The molecule has 5 heteroatoms. The van der Waals surface area contributed by atoms with Gasteiger partial charge in [0.2, 0.25) is 5.78 Å². The molecule has 4 nitrogen and oxygen atoms in total. The maximum atomic E-state index is 13.3. The Morgan fingerprint density at radius 2 is 1.15 bits per heavy atom. The molecule has 0 amide bonds. The van der Waals surface area contributed by atoms with E-state index in [4.69, 9.17) is 4.84 Å². The first-order chi connectivity index (χ1) is 16.1. The van der Waals surface area contributed by atoms with Crippen LogP contribution < -0.4 is 0 Å². The highest BCUT2D eigenvalue weighted by Gasteiger charge is 2.18. The first-order valence-corrected chi connectivity index (χ1v) is 11.2. The van der Waals surface area contributed by atoms with Crippen LogP contribution in [0.1, 0.15) is 31.8 Å². The number of ketones is 1. The summed E-state index contributed by atoms with van der Waals surface area (Å²) in [5.41, 5.74) is 2.67. The van der Waals surface area contributed by atoms with E-state index in [0.717, 1.165) is 9.79 Å². The Bertz CT molecular complexity index is 1270. The van der Waals surface area contributed by atoms with Crippen LogP contribution in [0.3, 0.4) is 0 Å². The largest absolute Gasteiger partial charge is 0.365 e. The summed E-state index contributed by atoms with van der Waals surface area (Å²) < 4.78 is 0. The molecule has 0 heterocycles. The number of Topliss-reactive ketones (excluding diaryl/α,β-unsaturated/α-hetero) is 1. The van der Waals surface area contributed by atoms with Gasteiger partial charge < -0.3 is 4.84 Å². The topological polar surface area (TPSA) is 55.7 Å². The summed E-state index contributed by atoms with van der Waals surface area (Å²) in [6.45, 7) is 2.05. The maximum Gasteiger partial charge on any atom is 0.365 e. The van der Waals surface area contributed by atoms with E-state index in [9.17, 15) is 9.59 Å². The average molecular weight is 452 g/mol. The van der Waals surface area contributed by atoms with Crippen molar-refractivity contribution in [2.45, 2.75) is 16.7 Å². The number of carbonyl (C=O) groups is 2. The van der Waals surface area contributed by atoms with Crippen molar-refractivity contribution in [2.75, 3.05) is 0 Å². The Kier molecular flexibility index (Phi) is 7.12. The van der Waals surface area contributed by atoms with Crippen LogP contribution in [0.4, 0.5) is 0 Å². The average Bonchev–Trinajstić information content (AvgIpc) is 2.87. The van der Waals surface area contributed by atoms with Crippen LogP contribution in [0.5, 0.6) is 0 Å². The van der Waals surface area contributed by atoms with Crippen LogP contribution in [-0.4, -0.2) is 17.5 Å². The highest BCUT2D eigenvalue weighted by Crippen LogP contribution is 2.28. The molecule has 0 fully saturated rings. The smallest absolute Gasteiger partial charge is 0.312 e. The van der Waals surface area contributed by atoms with Gasteiger partial charge in [0.05, 0.1) is 5.56 Å². The van der Waals surface area contributed by atoms with Gasteiger partial charge in [0.15, 0.2) is 5.71 Å². The lowest BCUT2D eigenvalue weighted by Crippen LogP contribution is -2.17. The molecule has 4 rings (SSSR count). The summed E-state index contributed by atoms with van der Waals surface area (Å²) in [6.07, 6.45) is 0. The number of benzene rings is 4. The molecule has 0 spiro atoms. The highest BCUT2D eigenvalue weighted by molar-refractivity contribution is 7.99. The van der Waals surface area contributed by atoms with Gasteiger partial charge in [-0.15, -0.1) is 0 Å². The van der Waals surface area contributed by atoms with E-state index in [0.29, 0.717) is 16.7 Å². The Balaban J connectivity index is 1.56. The molecule has 0 N–H and O–H groups in total. The van der Waals surface area contributed by atoms with Crippen LogP contribution in [0.2, 0.25) is 0 Å². The van der Waals surface area contributed by atoms with Gasteiger partial charge in [-0.3, -0.25) is 4.79 Å². The number of rotatable bonds is 7. The van der Waals surface area contributed by atoms with Gasteiger partial charge in [0, 0.05) is 20.9 Å². The molecule has 4 aromatic carbocycles. The van der Waals surface area contributed by atoms with E-state index in [2.05, 4.69) is 36.3 Å². The maximum absolute atomic E-state index is 13.3. The molecule has 0 saturated heterocycles. The lowest BCUT2D eigenvalue weighted by molar-refractivity contribution is 0.0516. The lowest BCUT2D eigenvalue weighted by Gasteiger charge is -2.07. The fourth-order valence-corrected chi connectivity index (χ4v) is 3.91. The van der Waals surface area contributed by atoms with Crippen molar-refractivity contribution in [1.29, 1.82) is 0 Å². The molecule has 4 aromatic rings. The monoisotopic (exact) mass is 451 g/mol. The Labute approximate surface area is 196 Å². The normalized spacial score (nSPS) is 11.1. The van der Waals surface area contributed by atoms with Gasteiger partial charge >= 0.3 is 5.97 Å². The van der Waals surface area contributed by atoms with Crippen molar-refractivity contribution in [3.8, 4) is 0 Å². The second kappa shape index (κ2) is 10.6. The van der Waals surface area contributed by atoms with Crippen molar-refractivity contribution in [2.24, 2.45) is 5.16 Å². The molecular formula is C28H21NO3S. The SMILES string of the molecule is Cc1ccc(Sc2ccc(C(=O)/C(=N/OC(=O)c3ccccc3)c3ccccc3)cc2)cc1. The van der Waals surface area contributed by atoms with Gasteiger partial charge in [0.25, 0.3) is 0 Å². The molecule has 0 saturated carbocycles. The zero-order valence-corrected chi connectivity index (χ0v) is 18.8. The van der Waals surface area contributed by atoms with Crippen LogP contribution in [-0.2, 0) is 4.84 Å². The minimum atomic E-state index is -0.623. The second-order valence-corrected chi connectivity index (χ2v) is 8.47. The van der Waals surface area contributed by atoms with Gasteiger partial charge in [-0.25, -0.2) is 4.79 Å². The third kappa shape index (κ3) is 5.84. The van der Waals surface area contributed by atoms with Crippen molar-refractivity contribution >= 4 is 29.2 Å². The lowest BCUT2D eigenvalue weighted by atomic mass is 10.0. The third-order valence-electron chi connectivity index (χ3n) is 4.86. The zero-order chi connectivity index (χ0) is 23.0. The van der Waals surface area contributed by atoms with Crippen molar-refractivity contribution in [3.05, 3.63) is 131 Å². The summed E-state index contributed by atoms with van der Waals surface area (Å²) in [4.78, 5) is 32.9. The zero-order valence-electron chi connectivity index (χ0n) is 18.0. The molecule has 0 aliphatic rings. The van der Waals surface area contributed by atoms with Crippen LogP contribution in [0.25, 0.3) is 0 Å². The summed E-state index contributed by atoms with van der Waals surface area (Å²) >= 11 is 1.62. The Morgan fingerprint density at radius 1 is 0.636 bits per heavy atom. The first-order valence-electron chi connectivity index (χ1n) is 10.4. The number of oxime groups is 1. The standard InChI is InChI=1S/C28H21NO3S/c1-20-12-16-24(17-13-20)33-25-18-14-22(15-19-25)27(30)26(21-8-4-2-5-9-21)29-32-28(31)23-10-6-3-7-11-23/h2-19H,1H3/b29-26+. The quantitative estimate of drug-likeness (QED) is 0.138. The van der Waals surface area contributed by atoms with Crippen LogP contribution >= 0.6 is 11.8 Å². The molecule has 33 heavy (non-hydrogen) atoms. The molecule has 0 unspecified atom stereocenters. The highest BCUT2D eigenvalue weighted by atomic mass is 32.2. The van der Waals surface area contributed by atoms with Crippen molar-refractivity contribution in [3.63, 3.8) is 0 Å². The van der Waals surface area contributed by atoms with E-state index in [1.807, 2.05) is 18.2 Å². The van der Waals surface area contributed by atoms with E-state index in [-0.39, 0.29) is 11.5 Å². The van der Waals surface area contributed by atoms with Gasteiger partial charge in [-0.05, 0) is 55.5 Å². The van der Waals surface area contributed by atoms with Crippen molar-refractivity contribution in [1.82, 2.24) is 0 Å². The third-order valence-corrected chi connectivity index (χ3v) is 5.88. The number of aryl methyl sites for hydroxylation is 1. The summed E-state index contributed by atoms with van der Waals surface area (Å²) in [5, 5.41) is 3.96. The molecule has 162 valence electrons.